The standard InChI is InChI=1S/C24H35NO3/c1-15(2)20-10-9-16(3)13-22(20)28-12-11-25(7)14-21-19(6)23(26)17(4)18(5)24(21)27-8/h9-10,13,15,26H,11-12,14H2,1-8H3. The molecule has 0 aliphatic heterocycles. The number of benzene rings is 2. The van der Waals surface area contributed by atoms with E-state index in [1.807, 2.05) is 20.8 Å². The summed E-state index contributed by atoms with van der Waals surface area (Å²) in [5.41, 5.74) is 6.23. The van der Waals surface area contributed by atoms with Crippen LogP contribution in [-0.4, -0.2) is 37.3 Å². The topological polar surface area (TPSA) is 41.9 Å². The molecule has 28 heavy (non-hydrogen) atoms. The van der Waals surface area contributed by atoms with Gasteiger partial charge < -0.3 is 14.6 Å². The molecule has 0 heterocycles. The molecule has 0 aliphatic rings. The maximum Gasteiger partial charge on any atom is 0.127 e. The number of likely N-dealkylation sites (N-methyl/N-ethyl adjacent to an activating group) is 1. The highest BCUT2D eigenvalue weighted by Gasteiger charge is 2.19. The third-order valence-corrected chi connectivity index (χ3v) is 5.49. The van der Waals surface area contributed by atoms with Crippen LogP contribution in [0.1, 0.15) is 53.1 Å². The van der Waals surface area contributed by atoms with E-state index in [0.717, 1.165) is 40.3 Å². The van der Waals surface area contributed by atoms with Gasteiger partial charge in [-0.2, -0.15) is 0 Å². The maximum atomic E-state index is 10.4. The molecular weight excluding hydrogens is 350 g/mol. The molecule has 154 valence electrons. The molecule has 4 nitrogen and oxygen atoms in total. The van der Waals surface area contributed by atoms with Crippen LogP contribution in [0.4, 0.5) is 0 Å². The van der Waals surface area contributed by atoms with Crippen molar-refractivity contribution in [3.63, 3.8) is 0 Å². The Hall–Kier alpha value is -2.20. The Balaban J connectivity index is 2.09. The molecule has 0 radical (unpaired) electrons. The van der Waals surface area contributed by atoms with Crippen molar-refractivity contribution in [3.8, 4) is 17.2 Å². The van der Waals surface area contributed by atoms with Crippen molar-refractivity contribution < 1.29 is 14.6 Å². The normalized spacial score (nSPS) is 11.4. The zero-order valence-electron chi connectivity index (χ0n) is 18.6. The van der Waals surface area contributed by atoms with Crippen molar-refractivity contribution in [2.75, 3.05) is 27.3 Å². The summed E-state index contributed by atoms with van der Waals surface area (Å²) in [5, 5.41) is 10.4. The van der Waals surface area contributed by atoms with Gasteiger partial charge in [0.1, 0.15) is 23.9 Å². The molecule has 0 saturated heterocycles. The average Bonchev–Trinajstić information content (AvgIpc) is 2.64. The van der Waals surface area contributed by atoms with Gasteiger partial charge in [-0.25, -0.2) is 0 Å². The molecular formula is C24H35NO3. The molecule has 0 fully saturated rings. The van der Waals surface area contributed by atoms with Crippen LogP contribution < -0.4 is 9.47 Å². The first-order valence-electron chi connectivity index (χ1n) is 9.94. The largest absolute Gasteiger partial charge is 0.507 e. The summed E-state index contributed by atoms with van der Waals surface area (Å²) in [7, 11) is 3.75. The second kappa shape index (κ2) is 9.33. The van der Waals surface area contributed by atoms with E-state index in [-0.39, 0.29) is 0 Å². The summed E-state index contributed by atoms with van der Waals surface area (Å²) in [6, 6.07) is 6.41. The molecule has 0 aromatic heterocycles. The number of methoxy groups -OCH3 is 1. The predicted octanol–water partition coefficient (Wildman–Crippen LogP) is 5.27. The van der Waals surface area contributed by atoms with E-state index in [9.17, 15) is 5.11 Å². The van der Waals surface area contributed by atoms with Crippen LogP contribution in [0.25, 0.3) is 0 Å². The van der Waals surface area contributed by atoms with Gasteiger partial charge in [0.25, 0.3) is 0 Å². The van der Waals surface area contributed by atoms with Gasteiger partial charge in [0.15, 0.2) is 0 Å². The van der Waals surface area contributed by atoms with Gasteiger partial charge in [0.05, 0.1) is 7.11 Å². The minimum atomic E-state index is 0.360. The Kier molecular flexibility index (Phi) is 7.36. The van der Waals surface area contributed by atoms with E-state index < -0.39 is 0 Å². The van der Waals surface area contributed by atoms with Crippen molar-refractivity contribution >= 4 is 0 Å². The number of aromatic hydroxyl groups is 1. The highest BCUT2D eigenvalue weighted by atomic mass is 16.5. The lowest BCUT2D eigenvalue weighted by Gasteiger charge is -2.23. The van der Waals surface area contributed by atoms with Crippen LogP contribution in [0, 0.1) is 27.7 Å². The van der Waals surface area contributed by atoms with Crippen LogP contribution in [0.15, 0.2) is 18.2 Å². The molecule has 4 heteroatoms. The number of phenols is 1. The molecule has 1 N–H and O–H groups in total. The zero-order valence-corrected chi connectivity index (χ0v) is 18.6. The summed E-state index contributed by atoms with van der Waals surface area (Å²) in [4.78, 5) is 2.20. The van der Waals surface area contributed by atoms with Crippen LogP contribution in [0.3, 0.4) is 0 Å². The summed E-state index contributed by atoms with van der Waals surface area (Å²) in [6.45, 7) is 14.4. The van der Waals surface area contributed by atoms with Crippen molar-refractivity contribution in [1.29, 1.82) is 0 Å². The van der Waals surface area contributed by atoms with Gasteiger partial charge in [0, 0.05) is 18.7 Å². The molecule has 0 atom stereocenters. The first-order chi connectivity index (χ1) is 13.2. The van der Waals surface area contributed by atoms with Crippen LogP contribution in [0.5, 0.6) is 17.2 Å². The molecule has 2 aromatic carbocycles. The number of ether oxygens (including phenoxy) is 2. The Morgan fingerprint density at radius 3 is 2.32 bits per heavy atom. The van der Waals surface area contributed by atoms with Gasteiger partial charge in [0.2, 0.25) is 0 Å². The number of phenolic OH excluding ortho intramolecular Hbond substituents is 1. The van der Waals surface area contributed by atoms with Crippen molar-refractivity contribution in [1.82, 2.24) is 4.90 Å². The Morgan fingerprint density at radius 1 is 1.04 bits per heavy atom. The first-order valence-corrected chi connectivity index (χ1v) is 9.94. The van der Waals surface area contributed by atoms with Crippen molar-refractivity contribution in [2.24, 2.45) is 0 Å². The van der Waals surface area contributed by atoms with Crippen LogP contribution >= 0.6 is 0 Å². The minimum Gasteiger partial charge on any atom is -0.507 e. The van der Waals surface area contributed by atoms with Gasteiger partial charge in [-0.15, -0.1) is 0 Å². The third kappa shape index (κ3) is 4.79. The van der Waals surface area contributed by atoms with E-state index in [2.05, 4.69) is 50.9 Å². The highest BCUT2D eigenvalue weighted by Crippen LogP contribution is 2.37. The van der Waals surface area contributed by atoms with E-state index in [1.54, 1.807) is 7.11 Å². The van der Waals surface area contributed by atoms with Gasteiger partial charge in [-0.05, 0) is 74.5 Å². The number of hydrogen-bond acceptors (Lipinski definition) is 4. The lowest BCUT2D eigenvalue weighted by atomic mass is 9.97. The van der Waals surface area contributed by atoms with Gasteiger partial charge in [-0.1, -0.05) is 26.0 Å². The molecule has 0 unspecified atom stereocenters. The molecule has 2 aromatic rings. The Bertz CT molecular complexity index is 827. The van der Waals surface area contributed by atoms with Gasteiger partial charge >= 0.3 is 0 Å². The fourth-order valence-electron chi connectivity index (χ4n) is 3.54. The first kappa shape index (κ1) is 22.1. The van der Waals surface area contributed by atoms with Crippen LogP contribution in [0.2, 0.25) is 0 Å². The van der Waals surface area contributed by atoms with Gasteiger partial charge in [-0.3, -0.25) is 4.90 Å². The summed E-state index contributed by atoms with van der Waals surface area (Å²) in [5.74, 6) is 2.63. The Morgan fingerprint density at radius 2 is 1.71 bits per heavy atom. The third-order valence-electron chi connectivity index (χ3n) is 5.49. The van der Waals surface area contributed by atoms with Crippen molar-refractivity contribution in [2.45, 2.75) is 54.0 Å². The second-order valence-corrected chi connectivity index (χ2v) is 8.02. The van der Waals surface area contributed by atoms with Crippen LogP contribution in [-0.2, 0) is 6.54 Å². The molecule has 0 aliphatic carbocycles. The van der Waals surface area contributed by atoms with E-state index >= 15 is 0 Å². The summed E-state index contributed by atoms with van der Waals surface area (Å²) >= 11 is 0. The lowest BCUT2D eigenvalue weighted by molar-refractivity contribution is 0.228. The quantitative estimate of drug-likeness (QED) is 0.672. The monoisotopic (exact) mass is 385 g/mol. The molecule has 0 bridgehead atoms. The fourth-order valence-corrected chi connectivity index (χ4v) is 3.54. The predicted molar refractivity (Wildman–Crippen MR) is 116 cm³/mol. The second-order valence-electron chi connectivity index (χ2n) is 8.02. The number of aryl methyl sites for hydroxylation is 1. The number of rotatable bonds is 8. The molecule has 0 spiro atoms. The molecule has 2 rings (SSSR count). The maximum absolute atomic E-state index is 10.4. The lowest BCUT2D eigenvalue weighted by Crippen LogP contribution is -2.25. The fraction of sp³-hybridized carbons (Fsp3) is 0.500. The number of nitrogens with zero attached hydrogens (tertiary/aromatic N) is 1. The minimum absolute atomic E-state index is 0.360. The summed E-state index contributed by atoms with van der Waals surface area (Å²) in [6.07, 6.45) is 0. The zero-order chi connectivity index (χ0) is 21.0. The van der Waals surface area contributed by atoms with E-state index in [1.165, 1.54) is 11.1 Å². The highest BCUT2D eigenvalue weighted by molar-refractivity contribution is 5.57. The smallest absolute Gasteiger partial charge is 0.127 e. The average molecular weight is 386 g/mol. The van der Waals surface area contributed by atoms with Crippen molar-refractivity contribution in [3.05, 3.63) is 51.6 Å². The molecule has 0 saturated carbocycles. The SMILES string of the molecule is COc1c(C)c(C)c(O)c(C)c1CN(C)CCOc1cc(C)ccc1C(C)C. The van der Waals surface area contributed by atoms with E-state index in [4.69, 9.17) is 9.47 Å². The number of hydrogen-bond donors (Lipinski definition) is 1. The Labute approximate surface area is 170 Å². The molecule has 0 amide bonds. The van der Waals surface area contributed by atoms with E-state index in [0.29, 0.717) is 24.8 Å². The summed E-state index contributed by atoms with van der Waals surface area (Å²) < 4.78 is 11.8.